The van der Waals surface area contributed by atoms with Crippen LogP contribution in [0.2, 0.25) is 0 Å². The number of piperazine rings is 1. The van der Waals surface area contributed by atoms with Crippen LogP contribution in [-0.2, 0) is 26.4 Å². The van der Waals surface area contributed by atoms with Crippen LogP contribution >= 0.6 is 18.9 Å². The first-order chi connectivity index (χ1) is 27.7. The van der Waals surface area contributed by atoms with Gasteiger partial charge in [0.15, 0.2) is 0 Å². The highest BCUT2D eigenvalue weighted by molar-refractivity contribution is 7.52. The van der Waals surface area contributed by atoms with E-state index in [2.05, 4.69) is 69.0 Å². The molecule has 2 amide bonds. The van der Waals surface area contributed by atoms with Gasteiger partial charge in [0.05, 0.1) is 4.88 Å². The number of carbonyl (C=O) groups excluding carboxylic acids is 3. The molecule has 1 unspecified atom stereocenters. The summed E-state index contributed by atoms with van der Waals surface area (Å²) in [5.41, 5.74) is 4.00. The second-order valence-electron chi connectivity index (χ2n) is 15.1. The van der Waals surface area contributed by atoms with E-state index >= 15 is 0 Å². The molecule has 0 saturated carbocycles. The Morgan fingerprint density at radius 3 is 2.38 bits per heavy atom. The summed E-state index contributed by atoms with van der Waals surface area (Å²) in [5, 5.41) is 0.282. The van der Waals surface area contributed by atoms with Crippen LogP contribution in [0.3, 0.4) is 0 Å². The number of anilines is 1. The SMILES string of the molecule is CN1CCN(c2ccccc2CN(CCC=O)CCC2CCCN2C)CC1.NC(=O)c1cc2cc(C(F)(F)P(=O)(O)O)ccc2s1.O=CN1CC(c2cccnc2)C1. The Morgan fingerprint density at radius 1 is 1.02 bits per heavy atom. The predicted molar refractivity (Wildman–Crippen MR) is 223 cm³/mol. The van der Waals surface area contributed by atoms with Gasteiger partial charge in [0.2, 0.25) is 6.41 Å². The van der Waals surface area contributed by atoms with E-state index in [1.54, 1.807) is 11.1 Å². The van der Waals surface area contributed by atoms with E-state index in [4.69, 9.17) is 15.5 Å². The van der Waals surface area contributed by atoms with E-state index in [9.17, 15) is 27.7 Å². The van der Waals surface area contributed by atoms with Crippen molar-refractivity contribution in [3.63, 3.8) is 0 Å². The van der Waals surface area contributed by atoms with Crippen LogP contribution < -0.4 is 10.6 Å². The quantitative estimate of drug-likeness (QED) is 0.113. The van der Waals surface area contributed by atoms with Crippen molar-refractivity contribution in [3.05, 3.63) is 94.6 Å². The maximum atomic E-state index is 13.5. The number of benzene rings is 2. The summed E-state index contributed by atoms with van der Waals surface area (Å²) < 4.78 is 38.3. The maximum Gasteiger partial charge on any atom is 0.399 e. The highest BCUT2D eigenvalue weighted by Crippen LogP contribution is 2.59. The average molecular weight is 842 g/mol. The lowest BCUT2D eigenvalue weighted by molar-refractivity contribution is -0.122. The Bertz CT molecular complexity index is 2010. The smallest absolute Gasteiger partial charge is 0.369 e. The second-order valence-corrected chi connectivity index (χ2v) is 17.8. The molecule has 7 rings (SSSR count). The molecule has 17 heteroatoms. The molecule has 13 nitrogen and oxygen atoms in total. The van der Waals surface area contributed by atoms with Gasteiger partial charge in [-0.05, 0) is 93.3 Å². The Balaban J connectivity index is 0.000000179. The number of amides is 2. The highest BCUT2D eigenvalue weighted by atomic mass is 32.1. The van der Waals surface area contributed by atoms with Crippen molar-refractivity contribution in [2.45, 2.75) is 49.9 Å². The Labute approximate surface area is 342 Å². The fraction of sp³-hybridized carbons (Fsp3) is 0.463. The molecule has 4 aromatic rings. The van der Waals surface area contributed by atoms with Crippen molar-refractivity contribution < 1.29 is 37.5 Å². The molecular formula is C41H54F2N7O6PS. The second kappa shape index (κ2) is 20.7. The number of carbonyl (C=O) groups is 3. The Morgan fingerprint density at radius 2 is 1.76 bits per heavy atom. The van der Waals surface area contributed by atoms with E-state index in [0.717, 1.165) is 95.1 Å². The number of alkyl halides is 2. The summed E-state index contributed by atoms with van der Waals surface area (Å²) in [6, 6.07) is 18.0. The molecule has 2 aromatic heterocycles. The summed E-state index contributed by atoms with van der Waals surface area (Å²) in [6.07, 6.45) is 10.0. The number of pyridine rings is 1. The molecule has 1 atom stereocenters. The minimum Gasteiger partial charge on any atom is -0.369 e. The van der Waals surface area contributed by atoms with Crippen molar-refractivity contribution in [2.75, 3.05) is 77.9 Å². The highest BCUT2D eigenvalue weighted by Gasteiger charge is 2.50. The monoisotopic (exact) mass is 841 g/mol. The Kier molecular flexibility index (Phi) is 16.0. The summed E-state index contributed by atoms with van der Waals surface area (Å²) in [5.74, 6) is -0.187. The molecule has 58 heavy (non-hydrogen) atoms. The number of primary amides is 1. The van der Waals surface area contributed by atoms with Crippen LogP contribution in [0, 0.1) is 0 Å². The largest absolute Gasteiger partial charge is 0.399 e. The van der Waals surface area contributed by atoms with Gasteiger partial charge < -0.3 is 39.9 Å². The molecule has 0 aliphatic carbocycles. The molecule has 0 spiro atoms. The minimum atomic E-state index is -5.60. The zero-order valence-electron chi connectivity index (χ0n) is 33.0. The number of para-hydroxylation sites is 1. The topological polar surface area (TPSA) is 164 Å². The van der Waals surface area contributed by atoms with Crippen molar-refractivity contribution >= 4 is 53.3 Å². The third kappa shape index (κ3) is 12.0. The van der Waals surface area contributed by atoms with Gasteiger partial charge in [0.1, 0.15) is 6.29 Å². The number of halogens is 2. The van der Waals surface area contributed by atoms with E-state index in [-0.39, 0.29) is 10.3 Å². The van der Waals surface area contributed by atoms with E-state index < -0.39 is 24.7 Å². The van der Waals surface area contributed by atoms with Crippen molar-refractivity contribution in [3.8, 4) is 0 Å². The number of likely N-dealkylation sites (N-methyl/N-ethyl adjacent to an activating group) is 1. The normalized spacial score (nSPS) is 17.9. The molecule has 3 aliphatic rings. The molecule has 5 heterocycles. The lowest BCUT2D eigenvalue weighted by Gasteiger charge is -2.36. The molecule has 3 fully saturated rings. The molecule has 0 radical (unpaired) electrons. The van der Waals surface area contributed by atoms with Crippen LogP contribution in [-0.4, -0.2) is 132 Å². The predicted octanol–water partition coefficient (Wildman–Crippen LogP) is 5.18. The van der Waals surface area contributed by atoms with E-state index in [1.807, 2.05) is 12.3 Å². The third-order valence-corrected chi connectivity index (χ3v) is 13.1. The number of thiophene rings is 1. The summed E-state index contributed by atoms with van der Waals surface area (Å²) in [7, 11) is -1.16. The fourth-order valence-electron chi connectivity index (χ4n) is 7.37. The zero-order chi connectivity index (χ0) is 41.9. The lowest BCUT2D eigenvalue weighted by Crippen LogP contribution is -2.45. The third-order valence-electron chi connectivity index (χ3n) is 10.9. The fourth-order valence-corrected chi connectivity index (χ4v) is 8.74. The molecule has 4 N–H and O–H groups in total. The van der Waals surface area contributed by atoms with Crippen LogP contribution in [0.1, 0.15) is 58.0 Å². The first-order valence-electron chi connectivity index (χ1n) is 19.4. The van der Waals surface area contributed by atoms with E-state index in [0.29, 0.717) is 23.1 Å². The number of fused-ring (bicyclic) bond motifs is 1. The summed E-state index contributed by atoms with van der Waals surface area (Å²) >= 11 is 1.02. The molecule has 2 aromatic carbocycles. The number of hydrogen-bond donors (Lipinski definition) is 3. The van der Waals surface area contributed by atoms with Gasteiger partial charge >= 0.3 is 13.3 Å². The number of nitrogens with two attached hydrogens (primary N) is 1. The van der Waals surface area contributed by atoms with Crippen molar-refractivity contribution in [1.29, 1.82) is 0 Å². The van der Waals surface area contributed by atoms with Crippen LogP contribution in [0.4, 0.5) is 14.5 Å². The van der Waals surface area contributed by atoms with Gasteiger partial charge in [0.25, 0.3) is 5.91 Å². The number of nitrogens with zero attached hydrogens (tertiary/aromatic N) is 6. The first-order valence-corrected chi connectivity index (χ1v) is 21.9. The van der Waals surface area contributed by atoms with Gasteiger partial charge in [-0.2, -0.15) is 8.78 Å². The van der Waals surface area contributed by atoms with Crippen molar-refractivity contribution in [2.24, 2.45) is 5.73 Å². The number of rotatable bonds is 14. The minimum absolute atomic E-state index is 0.187. The van der Waals surface area contributed by atoms with E-state index in [1.165, 1.54) is 54.8 Å². The van der Waals surface area contributed by atoms with Crippen LogP contribution in [0.25, 0.3) is 10.1 Å². The average Bonchev–Trinajstić information content (AvgIpc) is 3.82. The van der Waals surface area contributed by atoms with Gasteiger partial charge in [-0.15, -0.1) is 11.3 Å². The molecule has 0 bridgehead atoms. The Hall–Kier alpha value is -4.15. The maximum absolute atomic E-state index is 13.5. The molecule has 3 saturated heterocycles. The van der Waals surface area contributed by atoms with Gasteiger partial charge in [0, 0.05) is 99.1 Å². The van der Waals surface area contributed by atoms with Gasteiger partial charge in [-0.1, -0.05) is 30.3 Å². The summed E-state index contributed by atoms with van der Waals surface area (Å²) in [4.78, 5) is 65.4. The van der Waals surface area contributed by atoms with Crippen LogP contribution in [0.5, 0.6) is 0 Å². The van der Waals surface area contributed by atoms with Crippen molar-refractivity contribution in [1.82, 2.24) is 24.6 Å². The molecular weight excluding hydrogens is 788 g/mol. The lowest BCUT2D eigenvalue weighted by atomic mass is 9.94. The number of likely N-dealkylation sites (tertiary alicyclic amines) is 2. The number of hydrogen-bond acceptors (Lipinski definition) is 10. The van der Waals surface area contributed by atoms with Crippen LogP contribution in [0.15, 0.2) is 73.1 Å². The zero-order valence-corrected chi connectivity index (χ0v) is 34.7. The molecule has 3 aliphatic heterocycles. The van der Waals surface area contributed by atoms with Gasteiger partial charge in [-0.3, -0.25) is 24.0 Å². The standard InChI is InChI=1S/C22H36N4O.C10H8F2NO4PS.C9H10N2O/c1-23-14-16-26(17-15-23)22-9-4-3-7-20(22)19-25(12-6-18-27)13-10-21-8-5-11-24(21)2;11-10(12,18(15,16)17)6-1-2-7-5(3-6)4-8(19-7)9(13)14;12-7-11-5-9(6-11)8-2-1-3-10-4-8/h3-4,7,9,18,21H,5-6,8,10-17,19H2,1-2H3;1-4H,(H2,13,14)(H2,15,16,17);1-4,7,9H,5-6H2. The van der Waals surface area contributed by atoms with Gasteiger partial charge in [-0.25, -0.2) is 0 Å². The molecule has 314 valence electrons. The number of aldehydes is 1. The summed E-state index contributed by atoms with van der Waals surface area (Å²) in [6.45, 7) is 10.2. The first kappa shape index (κ1) is 44.9. The number of aromatic nitrogens is 1.